The van der Waals surface area contributed by atoms with Gasteiger partial charge in [0.25, 0.3) is 5.91 Å². The van der Waals surface area contributed by atoms with E-state index in [1.807, 2.05) is 0 Å². The van der Waals surface area contributed by atoms with E-state index in [1.165, 1.54) is 19.2 Å². The summed E-state index contributed by atoms with van der Waals surface area (Å²) in [5, 5.41) is 3.48. The topological polar surface area (TPSA) is 64.6 Å². The van der Waals surface area contributed by atoms with Crippen LogP contribution >= 0.6 is 23.2 Å². The molecule has 0 aromatic heterocycles. The second kappa shape index (κ2) is 8.04. The van der Waals surface area contributed by atoms with Gasteiger partial charge in [-0.15, -0.1) is 0 Å². The molecule has 1 amide bonds. The van der Waals surface area contributed by atoms with Crippen molar-refractivity contribution in [3.8, 4) is 5.75 Å². The number of anilines is 1. The zero-order chi connectivity index (χ0) is 17.7. The fourth-order valence-corrected chi connectivity index (χ4v) is 2.20. The number of ether oxygens (including phenoxy) is 2. The highest BCUT2D eigenvalue weighted by Gasteiger charge is 2.17. The van der Waals surface area contributed by atoms with E-state index in [4.69, 9.17) is 27.9 Å². The maximum Gasteiger partial charge on any atom is 0.339 e. The van der Waals surface area contributed by atoms with Crippen molar-refractivity contribution < 1.29 is 19.1 Å². The lowest BCUT2D eigenvalue weighted by atomic mass is 10.2. The van der Waals surface area contributed by atoms with E-state index in [1.54, 1.807) is 37.3 Å². The molecule has 0 aliphatic carbocycles. The minimum absolute atomic E-state index is 0.170. The molecule has 2 aromatic rings. The van der Waals surface area contributed by atoms with Gasteiger partial charge >= 0.3 is 5.97 Å². The number of amides is 1. The Balaban J connectivity index is 2.05. The van der Waals surface area contributed by atoms with Crippen molar-refractivity contribution in [2.45, 2.75) is 13.0 Å². The standard InChI is InChI=1S/C17H15Cl2NO4/c1-10(24-13-6-3-11(18)4-7-13)16(21)20-12-5-8-15(19)14(9-12)17(22)23-2/h3-10H,1-2H3,(H,20,21)/t10-/m0/s1. The molecule has 126 valence electrons. The van der Waals surface area contributed by atoms with E-state index in [0.717, 1.165) is 0 Å². The minimum atomic E-state index is -0.747. The summed E-state index contributed by atoms with van der Waals surface area (Å²) < 4.78 is 10.2. The molecule has 2 rings (SSSR count). The Hall–Kier alpha value is -2.24. The average molecular weight is 368 g/mol. The fourth-order valence-electron chi connectivity index (χ4n) is 1.88. The molecule has 1 atom stereocenters. The summed E-state index contributed by atoms with van der Waals surface area (Å²) in [4.78, 5) is 23.8. The van der Waals surface area contributed by atoms with Gasteiger partial charge in [0, 0.05) is 10.7 Å². The SMILES string of the molecule is COC(=O)c1cc(NC(=O)[C@H](C)Oc2ccc(Cl)cc2)ccc1Cl. The molecule has 0 saturated heterocycles. The predicted molar refractivity (Wildman–Crippen MR) is 93.0 cm³/mol. The molecule has 5 nitrogen and oxygen atoms in total. The Kier molecular flexibility index (Phi) is 6.06. The van der Waals surface area contributed by atoms with Crippen LogP contribution in [0.4, 0.5) is 5.69 Å². The van der Waals surface area contributed by atoms with Crippen molar-refractivity contribution in [3.63, 3.8) is 0 Å². The molecule has 0 aliphatic rings. The lowest BCUT2D eigenvalue weighted by Gasteiger charge is -2.15. The Morgan fingerprint density at radius 1 is 1.08 bits per heavy atom. The number of esters is 1. The van der Waals surface area contributed by atoms with Crippen LogP contribution in [-0.2, 0) is 9.53 Å². The zero-order valence-corrected chi connectivity index (χ0v) is 14.5. The van der Waals surface area contributed by atoms with Crippen LogP contribution in [0.5, 0.6) is 5.75 Å². The number of hydrogen-bond donors (Lipinski definition) is 1. The molecule has 0 heterocycles. The Bertz CT molecular complexity index is 747. The Morgan fingerprint density at radius 3 is 2.38 bits per heavy atom. The number of hydrogen-bond acceptors (Lipinski definition) is 4. The summed E-state index contributed by atoms with van der Waals surface area (Å²) >= 11 is 11.7. The van der Waals surface area contributed by atoms with Crippen LogP contribution in [0, 0.1) is 0 Å². The highest BCUT2D eigenvalue weighted by molar-refractivity contribution is 6.33. The number of nitrogens with one attached hydrogen (secondary N) is 1. The maximum atomic E-state index is 12.2. The molecule has 0 saturated carbocycles. The molecule has 0 unspecified atom stereocenters. The Labute approximate surface area is 149 Å². The maximum absolute atomic E-state index is 12.2. The van der Waals surface area contributed by atoms with Crippen molar-refractivity contribution in [2.24, 2.45) is 0 Å². The highest BCUT2D eigenvalue weighted by atomic mass is 35.5. The summed E-state index contributed by atoms with van der Waals surface area (Å²) in [6.07, 6.45) is -0.747. The van der Waals surface area contributed by atoms with Gasteiger partial charge in [0.2, 0.25) is 0 Å². The van der Waals surface area contributed by atoms with Crippen LogP contribution in [0.15, 0.2) is 42.5 Å². The largest absolute Gasteiger partial charge is 0.481 e. The molecular formula is C17H15Cl2NO4. The third kappa shape index (κ3) is 4.63. The van der Waals surface area contributed by atoms with Gasteiger partial charge < -0.3 is 14.8 Å². The van der Waals surface area contributed by atoms with Gasteiger partial charge in [0.15, 0.2) is 6.10 Å². The van der Waals surface area contributed by atoms with E-state index in [9.17, 15) is 9.59 Å². The van der Waals surface area contributed by atoms with Crippen LogP contribution < -0.4 is 10.1 Å². The summed E-state index contributed by atoms with van der Waals surface area (Å²) in [5.41, 5.74) is 0.583. The number of carbonyl (C=O) groups is 2. The third-order valence-electron chi connectivity index (χ3n) is 3.13. The van der Waals surface area contributed by atoms with Crippen molar-refractivity contribution in [2.75, 3.05) is 12.4 Å². The second-order valence-corrected chi connectivity index (χ2v) is 5.73. The van der Waals surface area contributed by atoms with Crippen LogP contribution in [0.25, 0.3) is 0 Å². The van der Waals surface area contributed by atoms with Crippen LogP contribution in [0.1, 0.15) is 17.3 Å². The van der Waals surface area contributed by atoms with E-state index in [0.29, 0.717) is 16.5 Å². The normalized spacial score (nSPS) is 11.5. The van der Waals surface area contributed by atoms with Crippen LogP contribution in [0.2, 0.25) is 10.0 Å². The van der Waals surface area contributed by atoms with E-state index < -0.39 is 12.1 Å². The van der Waals surface area contributed by atoms with Gasteiger partial charge in [0.1, 0.15) is 5.75 Å². The highest BCUT2D eigenvalue weighted by Crippen LogP contribution is 2.22. The second-order valence-electron chi connectivity index (χ2n) is 4.89. The van der Waals surface area contributed by atoms with E-state index in [2.05, 4.69) is 10.1 Å². The quantitative estimate of drug-likeness (QED) is 0.804. The van der Waals surface area contributed by atoms with Crippen LogP contribution in [0.3, 0.4) is 0 Å². The molecule has 0 aliphatic heterocycles. The van der Waals surface area contributed by atoms with E-state index >= 15 is 0 Å². The van der Waals surface area contributed by atoms with Gasteiger partial charge in [-0.3, -0.25) is 4.79 Å². The molecule has 24 heavy (non-hydrogen) atoms. The number of methoxy groups -OCH3 is 1. The molecule has 0 radical (unpaired) electrons. The van der Waals surface area contributed by atoms with E-state index in [-0.39, 0.29) is 16.5 Å². The number of carbonyl (C=O) groups excluding carboxylic acids is 2. The first-order valence-corrected chi connectivity index (χ1v) is 7.77. The van der Waals surface area contributed by atoms with Crippen molar-refractivity contribution in [3.05, 3.63) is 58.1 Å². The number of halogens is 2. The summed E-state index contributed by atoms with van der Waals surface area (Å²) in [7, 11) is 1.26. The average Bonchev–Trinajstić information content (AvgIpc) is 2.57. The van der Waals surface area contributed by atoms with Gasteiger partial charge in [-0.05, 0) is 49.4 Å². The van der Waals surface area contributed by atoms with Crippen molar-refractivity contribution in [1.82, 2.24) is 0 Å². The first-order chi connectivity index (χ1) is 11.4. The molecule has 0 fully saturated rings. The molecule has 2 aromatic carbocycles. The third-order valence-corrected chi connectivity index (χ3v) is 3.72. The summed E-state index contributed by atoms with van der Waals surface area (Å²) in [6, 6.07) is 11.2. The van der Waals surface area contributed by atoms with Gasteiger partial charge in [-0.2, -0.15) is 0 Å². The lowest BCUT2D eigenvalue weighted by Crippen LogP contribution is -2.30. The van der Waals surface area contributed by atoms with Crippen LogP contribution in [-0.4, -0.2) is 25.1 Å². The lowest BCUT2D eigenvalue weighted by molar-refractivity contribution is -0.122. The summed E-state index contributed by atoms with van der Waals surface area (Å²) in [6.45, 7) is 1.61. The number of benzene rings is 2. The van der Waals surface area contributed by atoms with Crippen molar-refractivity contribution in [1.29, 1.82) is 0 Å². The first-order valence-electron chi connectivity index (χ1n) is 7.01. The van der Waals surface area contributed by atoms with Crippen molar-refractivity contribution >= 4 is 40.8 Å². The minimum Gasteiger partial charge on any atom is -0.481 e. The molecule has 0 spiro atoms. The molecular weight excluding hydrogens is 353 g/mol. The monoisotopic (exact) mass is 367 g/mol. The summed E-state index contributed by atoms with van der Waals surface area (Å²) in [5.74, 6) is -0.432. The molecule has 1 N–H and O–H groups in total. The predicted octanol–water partition coefficient (Wildman–Crippen LogP) is 4.19. The van der Waals surface area contributed by atoms with Gasteiger partial charge in [0.05, 0.1) is 17.7 Å². The zero-order valence-electron chi connectivity index (χ0n) is 13.0. The molecule has 7 heteroatoms. The Morgan fingerprint density at radius 2 is 1.75 bits per heavy atom. The number of rotatable bonds is 5. The van der Waals surface area contributed by atoms with Gasteiger partial charge in [-0.25, -0.2) is 4.79 Å². The first kappa shape index (κ1) is 18.1. The smallest absolute Gasteiger partial charge is 0.339 e. The molecule has 0 bridgehead atoms. The van der Waals surface area contributed by atoms with Gasteiger partial charge in [-0.1, -0.05) is 23.2 Å². The fraction of sp³-hybridized carbons (Fsp3) is 0.176.